The number of carbonyl (C=O) groups is 1. The molecule has 0 radical (unpaired) electrons. The molecule has 0 amide bonds. The maximum absolute atomic E-state index is 11.3. The van der Waals surface area contributed by atoms with Crippen LogP contribution < -0.4 is 5.32 Å². The molecule has 1 rings (SSSR count). The van der Waals surface area contributed by atoms with E-state index >= 15 is 0 Å². The number of hydrogen-bond acceptors (Lipinski definition) is 5. The van der Waals surface area contributed by atoms with Crippen LogP contribution in [0.2, 0.25) is 0 Å². The molecule has 20 heavy (non-hydrogen) atoms. The molecule has 0 aromatic carbocycles. The maximum Gasteiger partial charge on any atom is 0.373 e. The van der Waals surface area contributed by atoms with Crippen LogP contribution in [0.1, 0.15) is 56.0 Å². The summed E-state index contributed by atoms with van der Waals surface area (Å²) in [6, 6.07) is 3.50. The standard InChI is InChI=1S/C15H25NO4/c1-11(2)19-10-6-5-9-16-12(3)13-7-8-14(20-13)15(17)18-4/h7-8,11-12,16H,5-6,9-10H2,1-4H3. The highest BCUT2D eigenvalue weighted by Crippen LogP contribution is 2.16. The molecule has 0 aliphatic heterocycles. The van der Waals surface area contributed by atoms with E-state index in [1.165, 1.54) is 7.11 Å². The fourth-order valence-electron chi connectivity index (χ4n) is 1.76. The highest BCUT2D eigenvalue weighted by molar-refractivity contribution is 5.86. The van der Waals surface area contributed by atoms with Crippen LogP contribution in [-0.2, 0) is 9.47 Å². The number of ether oxygens (including phenoxy) is 2. The van der Waals surface area contributed by atoms with Crippen LogP contribution in [0.5, 0.6) is 0 Å². The van der Waals surface area contributed by atoms with Crippen molar-refractivity contribution >= 4 is 5.97 Å². The Morgan fingerprint density at radius 3 is 2.70 bits per heavy atom. The first-order valence-electron chi connectivity index (χ1n) is 7.07. The number of furan rings is 1. The molecule has 0 aliphatic carbocycles. The average molecular weight is 283 g/mol. The molecule has 0 spiro atoms. The number of esters is 1. The second kappa shape index (κ2) is 8.76. The normalized spacial score (nSPS) is 12.7. The largest absolute Gasteiger partial charge is 0.463 e. The van der Waals surface area contributed by atoms with Gasteiger partial charge in [-0.05, 0) is 52.3 Å². The Labute approximate surface area is 120 Å². The Kier molecular flexibility index (Phi) is 7.33. The molecule has 0 saturated heterocycles. The minimum atomic E-state index is -0.450. The molecule has 0 saturated carbocycles. The zero-order chi connectivity index (χ0) is 15.0. The van der Waals surface area contributed by atoms with Crippen LogP contribution in [-0.4, -0.2) is 32.3 Å². The van der Waals surface area contributed by atoms with Gasteiger partial charge in [0.05, 0.1) is 19.3 Å². The second-order valence-electron chi connectivity index (χ2n) is 5.00. The summed E-state index contributed by atoms with van der Waals surface area (Å²) in [5.74, 6) is 0.527. The van der Waals surface area contributed by atoms with Crippen molar-refractivity contribution in [2.24, 2.45) is 0 Å². The van der Waals surface area contributed by atoms with Gasteiger partial charge < -0.3 is 19.2 Å². The smallest absolute Gasteiger partial charge is 0.373 e. The molecular weight excluding hydrogens is 258 g/mol. The van der Waals surface area contributed by atoms with Gasteiger partial charge in [-0.3, -0.25) is 0 Å². The zero-order valence-electron chi connectivity index (χ0n) is 12.8. The monoisotopic (exact) mass is 283 g/mol. The Bertz CT molecular complexity index is 400. The summed E-state index contributed by atoms with van der Waals surface area (Å²) in [4.78, 5) is 11.3. The lowest BCUT2D eigenvalue weighted by Gasteiger charge is -2.11. The number of methoxy groups -OCH3 is 1. The molecule has 114 valence electrons. The summed E-state index contributed by atoms with van der Waals surface area (Å²) >= 11 is 0. The van der Waals surface area contributed by atoms with Crippen molar-refractivity contribution < 1.29 is 18.7 Å². The number of unbranched alkanes of at least 4 members (excludes halogenated alkanes) is 1. The van der Waals surface area contributed by atoms with Crippen molar-refractivity contribution in [3.8, 4) is 0 Å². The van der Waals surface area contributed by atoms with Gasteiger partial charge in [0.2, 0.25) is 5.76 Å². The lowest BCUT2D eigenvalue weighted by Crippen LogP contribution is -2.20. The van der Waals surface area contributed by atoms with Crippen LogP contribution in [0.15, 0.2) is 16.5 Å². The van der Waals surface area contributed by atoms with Gasteiger partial charge in [-0.1, -0.05) is 0 Å². The van der Waals surface area contributed by atoms with E-state index in [0.717, 1.165) is 31.8 Å². The average Bonchev–Trinajstić information content (AvgIpc) is 2.91. The van der Waals surface area contributed by atoms with Crippen LogP contribution in [0, 0.1) is 0 Å². The molecule has 5 heteroatoms. The van der Waals surface area contributed by atoms with E-state index in [0.29, 0.717) is 6.10 Å². The van der Waals surface area contributed by atoms with Gasteiger partial charge >= 0.3 is 5.97 Å². The predicted molar refractivity (Wildman–Crippen MR) is 76.8 cm³/mol. The predicted octanol–water partition coefficient (Wildman–Crippen LogP) is 2.92. The molecule has 1 aromatic heterocycles. The quantitative estimate of drug-likeness (QED) is 0.558. The summed E-state index contributed by atoms with van der Waals surface area (Å²) in [7, 11) is 1.34. The maximum atomic E-state index is 11.3. The third kappa shape index (κ3) is 5.75. The third-order valence-corrected chi connectivity index (χ3v) is 2.91. The number of carbonyl (C=O) groups excluding carboxylic acids is 1. The van der Waals surface area contributed by atoms with E-state index in [1.54, 1.807) is 12.1 Å². The van der Waals surface area contributed by atoms with Gasteiger partial charge in [0.1, 0.15) is 5.76 Å². The molecule has 1 N–H and O–H groups in total. The molecule has 0 fully saturated rings. The molecule has 1 aromatic rings. The molecule has 1 atom stereocenters. The van der Waals surface area contributed by atoms with Crippen molar-refractivity contribution in [3.05, 3.63) is 23.7 Å². The van der Waals surface area contributed by atoms with Gasteiger partial charge in [-0.25, -0.2) is 4.79 Å². The minimum absolute atomic E-state index is 0.0689. The fraction of sp³-hybridized carbons (Fsp3) is 0.667. The Morgan fingerprint density at radius 1 is 1.30 bits per heavy atom. The van der Waals surface area contributed by atoms with Crippen molar-refractivity contribution in [2.45, 2.75) is 45.8 Å². The summed E-state index contributed by atoms with van der Waals surface area (Å²) in [5.41, 5.74) is 0. The number of nitrogens with one attached hydrogen (secondary N) is 1. The first-order valence-corrected chi connectivity index (χ1v) is 7.07. The van der Waals surface area contributed by atoms with E-state index in [-0.39, 0.29) is 11.8 Å². The molecule has 5 nitrogen and oxygen atoms in total. The van der Waals surface area contributed by atoms with Crippen LogP contribution >= 0.6 is 0 Å². The number of rotatable bonds is 9. The summed E-state index contributed by atoms with van der Waals surface area (Å²) in [6.45, 7) is 7.76. The Balaban J connectivity index is 2.24. The third-order valence-electron chi connectivity index (χ3n) is 2.91. The van der Waals surface area contributed by atoms with E-state index in [4.69, 9.17) is 9.15 Å². The molecule has 0 aliphatic rings. The SMILES string of the molecule is COC(=O)c1ccc(C(C)NCCCCOC(C)C)o1. The van der Waals surface area contributed by atoms with Gasteiger partial charge in [0.15, 0.2) is 0 Å². The minimum Gasteiger partial charge on any atom is -0.463 e. The van der Waals surface area contributed by atoms with Gasteiger partial charge in [0, 0.05) is 6.61 Å². The first kappa shape index (κ1) is 16.7. The zero-order valence-corrected chi connectivity index (χ0v) is 12.8. The van der Waals surface area contributed by atoms with Crippen LogP contribution in [0.4, 0.5) is 0 Å². The number of hydrogen-bond donors (Lipinski definition) is 1. The lowest BCUT2D eigenvalue weighted by molar-refractivity contribution is 0.0562. The van der Waals surface area contributed by atoms with E-state index in [1.807, 2.05) is 20.8 Å². The summed E-state index contributed by atoms with van der Waals surface area (Å²) in [6.07, 6.45) is 2.37. The second-order valence-corrected chi connectivity index (χ2v) is 5.00. The van der Waals surface area contributed by atoms with Crippen molar-refractivity contribution in [1.82, 2.24) is 5.32 Å². The molecule has 1 unspecified atom stereocenters. The molecular formula is C15H25NO4. The van der Waals surface area contributed by atoms with Crippen molar-refractivity contribution in [3.63, 3.8) is 0 Å². The van der Waals surface area contributed by atoms with Crippen molar-refractivity contribution in [1.29, 1.82) is 0 Å². The van der Waals surface area contributed by atoms with E-state index in [2.05, 4.69) is 10.1 Å². The fourth-order valence-corrected chi connectivity index (χ4v) is 1.76. The molecule has 0 bridgehead atoms. The lowest BCUT2D eigenvalue weighted by atomic mass is 10.2. The van der Waals surface area contributed by atoms with Gasteiger partial charge in [-0.15, -0.1) is 0 Å². The topological polar surface area (TPSA) is 60.7 Å². The van der Waals surface area contributed by atoms with Gasteiger partial charge in [-0.2, -0.15) is 0 Å². The van der Waals surface area contributed by atoms with Crippen molar-refractivity contribution in [2.75, 3.05) is 20.3 Å². The Hall–Kier alpha value is -1.33. The first-order chi connectivity index (χ1) is 9.54. The summed E-state index contributed by atoms with van der Waals surface area (Å²) in [5, 5.41) is 3.36. The Morgan fingerprint density at radius 2 is 2.05 bits per heavy atom. The van der Waals surface area contributed by atoms with E-state index in [9.17, 15) is 4.79 Å². The highest BCUT2D eigenvalue weighted by Gasteiger charge is 2.14. The molecule has 1 heterocycles. The summed E-state index contributed by atoms with van der Waals surface area (Å²) < 4.78 is 15.5. The highest BCUT2D eigenvalue weighted by atomic mass is 16.5. The van der Waals surface area contributed by atoms with E-state index < -0.39 is 5.97 Å². The van der Waals surface area contributed by atoms with Gasteiger partial charge in [0.25, 0.3) is 0 Å². The van der Waals surface area contributed by atoms with Crippen LogP contribution in [0.25, 0.3) is 0 Å². The van der Waals surface area contributed by atoms with Crippen LogP contribution in [0.3, 0.4) is 0 Å².